The molecule has 1 fully saturated rings. The van der Waals surface area contributed by atoms with E-state index >= 15 is 0 Å². The van der Waals surface area contributed by atoms with E-state index in [2.05, 4.69) is 10.6 Å². The molecule has 0 aromatic heterocycles. The Labute approximate surface area is 135 Å². The second-order valence-corrected chi connectivity index (χ2v) is 7.81. The first-order valence-corrected chi connectivity index (χ1v) is 9.22. The van der Waals surface area contributed by atoms with Crippen LogP contribution in [0.25, 0.3) is 6.08 Å². The van der Waals surface area contributed by atoms with Gasteiger partial charge in [-0.15, -0.1) is 0 Å². The molecule has 124 valence electrons. The highest BCUT2D eigenvalue weighted by atomic mass is 32.2. The van der Waals surface area contributed by atoms with Crippen molar-refractivity contribution in [3.8, 4) is 0 Å². The minimum absolute atomic E-state index is 0.0344. The molecule has 1 aliphatic rings. The molecule has 1 saturated heterocycles. The summed E-state index contributed by atoms with van der Waals surface area (Å²) < 4.78 is 22.7. The molecule has 1 aromatic carbocycles. The first-order chi connectivity index (χ1) is 10.9. The summed E-state index contributed by atoms with van der Waals surface area (Å²) in [7, 11) is -3.04. The highest BCUT2D eigenvalue weighted by molar-refractivity contribution is 7.91. The molecule has 0 saturated carbocycles. The van der Waals surface area contributed by atoms with Crippen LogP contribution in [0.4, 0.5) is 0 Å². The Morgan fingerprint density at radius 1 is 1.26 bits per heavy atom. The van der Waals surface area contributed by atoms with Gasteiger partial charge < -0.3 is 10.6 Å². The van der Waals surface area contributed by atoms with Gasteiger partial charge in [0.05, 0.1) is 11.5 Å². The summed E-state index contributed by atoms with van der Waals surface area (Å²) in [4.78, 5) is 23.8. The zero-order valence-corrected chi connectivity index (χ0v) is 13.7. The number of hydrogen-bond donors (Lipinski definition) is 2. The van der Waals surface area contributed by atoms with E-state index in [0.29, 0.717) is 6.42 Å². The molecule has 2 atom stereocenters. The van der Waals surface area contributed by atoms with Gasteiger partial charge in [0.2, 0.25) is 11.8 Å². The van der Waals surface area contributed by atoms with Crippen LogP contribution >= 0.6 is 0 Å². The van der Waals surface area contributed by atoms with Gasteiger partial charge in [0.15, 0.2) is 9.84 Å². The van der Waals surface area contributed by atoms with E-state index < -0.39 is 15.9 Å². The lowest BCUT2D eigenvalue weighted by atomic mass is 10.2. The maximum atomic E-state index is 12.0. The maximum Gasteiger partial charge on any atom is 0.244 e. The lowest BCUT2D eigenvalue weighted by Crippen LogP contribution is -2.48. The average Bonchev–Trinajstić information content (AvgIpc) is 2.85. The standard InChI is InChI=1S/C16H20N2O4S/c1-12(16(20)18-14-9-10-23(21,22)11-14)17-15(19)8-7-13-5-3-2-4-6-13/h2-8,12,14H,9-11H2,1H3,(H,17,19)(H,18,20)/b8-7+. The second kappa shape index (κ2) is 7.41. The third-order valence-corrected chi connectivity index (χ3v) is 5.33. The SMILES string of the molecule is CC(NC(=O)/C=C/c1ccccc1)C(=O)NC1CCS(=O)(=O)C1. The van der Waals surface area contributed by atoms with Gasteiger partial charge in [0.25, 0.3) is 0 Å². The summed E-state index contributed by atoms with van der Waals surface area (Å²) in [6, 6.07) is 8.23. The smallest absolute Gasteiger partial charge is 0.244 e. The van der Waals surface area contributed by atoms with Crippen molar-refractivity contribution in [2.45, 2.75) is 25.4 Å². The number of sulfone groups is 1. The van der Waals surface area contributed by atoms with Crippen LogP contribution in [-0.4, -0.2) is 43.8 Å². The molecule has 0 radical (unpaired) electrons. The van der Waals surface area contributed by atoms with Crippen molar-refractivity contribution in [1.82, 2.24) is 10.6 Å². The van der Waals surface area contributed by atoms with E-state index in [9.17, 15) is 18.0 Å². The highest BCUT2D eigenvalue weighted by Gasteiger charge is 2.30. The molecule has 0 spiro atoms. The molecule has 1 aliphatic heterocycles. The van der Waals surface area contributed by atoms with E-state index in [-0.39, 0.29) is 29.4 Å². The predicted octanol–water partition coefficient (Wildman–Crippen LogP) is 0.508. The van der Waals surface area contributed by atoms with Gasteiger partial charge in [-0.3, -0.25) is 9.59 Å². The maximum absolute atomic E-state index is 12.0. The number of rotatable bonds is 5. The summed E-state index contributed by atoms with van der Waals surface area (Å²) in [6.07, 6.45) is 3.44. The fourth-order valence-electron chi connectivity index (χ4n) is 2.30. The van der Waals surface area contributed by atoms with Crippen molar-refractivity contribution < 1.29 is 18.0 Å². The Bertz CT molecular complexity index is 698. The normalized spacial score (nSPS) is 21.0. The Hall–Kier alpha value is -2.15. The molecular weight excluding hydrogens is 316 g/mol. The van der Waals surface area contributed by atoms with Crippen molar-refractivity contribution in [3.63, 3.8) is 0 Å². The first-order valence-electron chi connectivity index (χ1n) is 7.40. The van der Waals surface area contributed by atoms with E-state index in [1.54, 1.807) is 13.0 Å². The van der Waals surface area contributed by atoms with E-state index in [4.69, 9.17) is 0 Å². The van der Waals surface area contributed by atoms with Gasteiger partial charge in [0, 0.05) is 12.1 Å². The molecule has 0 aliphatic carbocycles. The van der Waals surface area contributed by atoms with E-state index in [1.807, 2.05) is 30.3 Å². The number of hydrogen-bond acceptors (Lipinski definition) is 4. The molecule has 2 unspecified atom stereocenters. The summed E-state index contributed by atoms with van der Waals surface area (Å²) >= 11 is 0. The van der Waals surface area contributed by atoms with Crippen molar-refractivity contribution in [2.75, 3.05) is 11.5 Å². The van der Waals surface area contributed by atoms with Gasteiger partial charge in [-0.05, 0) is 25.0 Å². The van der Waals surface area contributed by atoms with Crippen molar-refractivity contribution in [2.24, 2.45) is 0 Å². The largest absolute Gasteiger partial charge is 0.351 e. The zero-order chi connectivity index (χ0) is 16.9. The lowest BCUT2D eigenvalue weighted by molar-refractivity contribution is -0.127. The fourth-order valence-corrected chi connectivity index (χ4v) is 3.97. The third-order valence-electron chi connectivity index (χ3n) is 3.56. The Morgan fingerprint density at radius 3 is 2.57 bits per heavy atom. The summed E-state index contributed by atoms with van der Waals surface area (Å²) in [5.41, 5.74) is 0.885. The second-order valence-electron chi connectivity index (χ2n) is 5.58. The van der Waals surface area contributed by atoms with E-state index in [0.717, 1.165) is 5.56 Å². The molecule has 1 heterocycles. The van der Waals surface area contributed by atoms with Crippen molar-refractivity contribution in [3.05, 3.63) is 42.0 Å². The zero-order valence-electron chi connectivity index (χ0n) is 12.9. The first kappa shape index (κ1) is 17.2. The molecular formula is C16H20N2O4S. The summed E-state index contributed by atoms with van der Waals surface area (Å²) in [5.74, 6) is -0.699. The molecule has 2 amide bonds. The van der Waals surface area contributed by atoms with Crippen molar-refractivity contribution in [1.29, 1.82) is 0 Å². The monoisotopic (exact) mass is 336 g/mol. The molecule has 0 bridgehead atoms. The minimum Gasteiger partial charge on any atom is -0.351 e. The predicted molar refractivity (Wildman–Crippen MR) is 88.3 cm³/mol. The van der Waals surface area contributed by atoms with Crippen LogP contribution in [-0.2, 0) is 19.4 Å². The van der Waals surface area contributed by atoms with Gasteiger partial charge in [-0.1, -0.05) is 30.3 Å². The van der Waals surface area contributed by atoms with Gasteiger partial charge in [-0.2, -0.15) is 0 Å². The lowest BCUT2D eigenvalue weighted by Gasteiger charge is -2.16. The van der Waals surface area contributed by atoms with Crippen molar-refractivity contribution >= 4 is 27.7 Å². The van der Waals surface area contributed by atoms with E-state index in [1.165, 1.54) is 6.08 Å². The third kappa shape index (κ3) is 5.52. The molecule has 23 heavy (non-hydrogen) atoms. The number of carbonyl (C=O) groups is 2. The average molecular weight is 336 g/mol. The summed E-state index contributed by atoms with van der Waals surface area (Å²) in [5, 5.41) is 5.21. The molecule has 6 nitrogen and oxygen atoms in total. The quantitative estimate of drug-likeness (QED) is 0.766. The highest BCUT2D eigenvalue weighted by Crippen LogP contribution is 2.11. The number of carbonyl (C=O) groups excluding carboxylic acids is 2. The number of nitrogens with one attached hydrogen (secondary N) is 2. The number of amides is 2. The Balaban J connectivity index is 1.81. The number of benzene rings is 1. The van der Waals surface area contributed by atoms with Crippen LogP contribution in [0.5, 0.6) is 0 Å². The molecule has 7 heteroatoms. The van der Waals surface area contributed by atoms with Crippen LogP contribution in [0.3, 0.4) is 0 Å². The Morgan fingerprint density at radius 2 is 1.96 bits per heavy atom. The van der Waals surface area contributed by atoms with Crippen LogP contribution < -0.4 is 10.6 Å². The minimum atomic E-state index is -3.04. The molecule has 2 rings (SSSR count). The summed E-state index contributed by atoms with van der Waals surface area (Å²) in [6.45, 7) is 1.56. The van der Waals surface area contributed by atoms with Crippen LogP contribution in [0.15, 0.2) is 36.4 Å². The molecule has 2 N–H and O–H groups in total. The topological polar surface area (TPSA) is 92.3 Å². The van der Waals surface area contributed by atoms with Gasteiger partial charge in [0.1, 0.15) is 6.04 Å². The van der Waals surface area contributed by atoms with Gasteiger partial charge >= 0.3 is 0 Å². The Kier molecular flexibility index (Phi) is 5.54. The van der Waals surface area contributed by atoms with Crippen LogP contribution in [0, 0.1) is 0 Å². The van der Waals surface area contributed by atoms with Crippen LogP contribution in [0.1, 0.15) is 18.9 Å². The van der Waals surface area contributed by atoms with Crippen LogP contribution in [0.2, 0.25) is 0 Å². The fraction of sp³-hybridized carbons (Fsp3) is 0.375. The van der Waals surface area contributed by atoms with Gasteiger partial charge in [-0.25, -0.2) is 8.42 Å². The molecule has 1 aromatic rings.